The van der Waals surface area contributed by atoms with Gasteiger partial charge in [-0.25, -0.2) is 0 Å². The molecule has 0 radical (unpaired) electrons. The van der Waals surface area contributed by atoms with E-state index in [1.54, 1.807) is 0 Å². The lowest BCUT2D eigenvalue weighted by molar-refractivity contribution is 0.235. The van der Waals surface area contributed by atoms with Crippen molar-refractivity contribution in [3.63, 3.8) is 0 Å². The summed E-state index contributed by atoms with van der Waals surface area (Å²) in [5.41, 5.74) is -0.228. The fraction of sp³-hybridized carbons (Fsp3) is 0.789. The van der Waals surface area contributed by atoms with Gasteiger partial charge in [-0.05, 0) is 19.5 Å². The van der Waals surface area contributed by atoms with Gasteiger partial charge in [-0.1, -0.05) is 51.9 Å². The van der Waals surface area contributed by atoms with E-state index in [0.29, 0.717) is 11.8 Å². The highest BCUT2D eigenvalue weighted by Crippen LogP contribution is 2.21. The van der Waals surface area contributed by atoms with E-state index in [1.807, 2.05) is 0 Å². The van der Waals surface area contributed by atoms with Crippen LogP contribution in [0.1, 0.15) is 71.4 Å². The van der Waals surface area contributed by atoms with Gasteiger partial charge in [0.15, 0.2) is 11.6 Å². The van der Waals surface area contributed by atoms with Crippen molar-refractivity contribution >= 4 is 0 Å². The molecule has 0 spiro atoms. The quantitative estimate of drug-likeness (QED) is 0.805. The van der Waals surface area contributed by atoms with Gasteiger partial charge in [0, 0.05) is 23.9 Å². The molecule has 2 aromatic heterocycles. The van der Waals surface area contributed by atoms with E-state index in [0.717, 1.165) is 57.3 Å². The van der Waals surface area contributed by atoms with Gasteiger partial charge in [-0.15, -0.1) is 0 Å². The fourth-order valence-electron chi connectivity index (χ4n) is 2.99. The molecule has 0 unspecified atom stereocenters. The Hall–Kier alpha value is -1.80. The Bertz CT molecular complexity index is 678. The van der Waals surface area contributed by atoms with Gasteiger partial charge >= 0.3 is 0 Å². The molecule has 0 aromatic carbocycles. The number of hydrogen-bond donors (Lipinski definition) is 0. The molecule has 1 fully saturated rings. The van der Waals surface area contributed by atoms with Crippen LogP contribution in [0.25, 0.3) is 0 Å². The minimum absolute atomic E-state index is 0.114. The molecule has 3 rings (SSSR count). The summed E-state index contributed by atoms with van der Waals surface area (Å²) < 4.78 is 10.8. The molecule has 8 nitrogen and oxygen atoms in total. The monoisotopic (exact) mass is 376 g/mol. The van der Waals surface area contributed by atoms with E-state index < -0.39 is 0 Å². The van der Waals surface area contributed by atoms with Crippen molar-refractivity contribution in [1.82, 2.24) is 30.1 Å². The van der Waals surface area contributed by atoms with Crippen LogP contribution in [0, 0.1) is 0 Å². The molecule has 1 aliphatic rings. The van der Waals surface area contributed by atoms with Crippen molar-refractivity contribution in [2.24, 2.45) is 0 Å². The maximum Gasteiger partial charge on any atom is 0.232 e. The number of nitrogens with zero attached hydrogens (tertiary/aromatic N) is 6. The van der Waals surface area contributed by atoms with Crippen molar-refractivity contribution in [2.45, 2.75) is 71.9 Å². The van der Waals surface area contributed by atoms with E-state index in [4.69, 9.17) is 9.05 Å². The van der Waals surface area contributed by atoms with Gasteiger partial charge in [0.1, 0.15) is 0 Å². The zero-order valence-electron chi connectivity index (χ0n) is 17.4. The predicted molar refractivity (Wildman–Crippen MR) is 101 cm³/mol. The van der Waals surface area contributed by atoms with Crippen molar-refractivity contribution in [2.75, 3.05) is 26.2 Å². The van der Waals surface area contributed by atoms with Crippen LogP contribution in [0.15, 0.2) is 9.05 Å². The first-order valence-corrected chi connectivity index (χ1v) is 9.72. The van der Waals surface area contributed by atoms with E-state index in [-0.39, 0.29) is 10.8 Å². The normalized spacial score (nSPS) is 18.0. The van der Waals surface area contributed by atoms with Crippen LogP contribution in [-0.2, 0) is 23.9 Å². The van der Waals surface area contributed by atoms with Crippen LogP contribution < -0.4 is 0 Å². The molecule has 0 amide bonds. The second-order valence-corrected chi connectivity index (χ2v) is 9.44. The Labute approximate surface area is 161 Å². The van der Waals surface area contributed by atoms with Crippen LogP contribution in [0.5, 0.6) is 0 Å². The lowest BCUT2D eigenvalue weighted by Gasteiger charge is -2.19. The first-order chi connectivity index (χ1) is 12.6. The van der Waals surface area contributed by atoms with Crippen LogP contribution in [0.4, 0.5) is 0 Å². The zero-order valence-corrected chi connectivity index (χ0v) is 17.4. The van der Waals surface area contributed by atoms with Gasteiger partial charge in [-0.2, -0.15) is 9.97 Å². The molecule has 2 aromatic rings. The number of rotatable bonds is 4. The summed E-state index contributed by atoms with van der Waals surface area (Å²) in [7, 11) is 0. The van der Waals surface area contributed by atoms with Gasteiger partial charge in [0.25, 0.3) is 0 Å². The average Bonchev–Trinajstić information content (AvgIpc) is 3.15. The summed E-state index contributed by atoms with van der Waals surface area (Å²) >= 11 is 0. The van der Waals surface area contributed by atoms with Crippen molar-refractivity contribution in [3.05, 3.63) is 23.4 Å². The van der Waals surface area contributed by atoms with E-state index in [2.05, 4.69) is 71.6 Å². The number of aromatic nitrogens is 4. The van der Waals surface area contributed by atoms with Gasteiger partial charge in [0.2, 0.25) is 11.8 Å². The Morgan fingerprint density at radius 3 is 1.44 bits per heavy atom. The Kier molecular flexibility index (Phi) is 5.67. The summed E-state index contributed by atoms with van der Waals surface area (Å²) in [6.07, 6.45) is 1.09. The highest BCUT2D eigenvalue weighted by atomic mass is 16.5. The largest absolute Gasteiger partial charge is 0.339 e. The lowest BCUT2D eigenvalue weighted by Crippen LogP contribution is -2.31. The SMILES string of the molecule is CC(C)(C)c1nc(CN2CCCN(Cc3noc(C(C)(C)C)n3)CC2)no1. The Morgan fingerprint density at radius 2 is 1.11 bits per heavy atom. The van der Waals surface area contributed by atoms with Crippen LogP contribution in [0.2, 0.25) is 0 Å². The molecule has 0 saturated carbocycles. The summed E-state index contributed by atoms with van der Waals surface area (Å²) in [5.74, 6) is 2.92. The summed E-state index contributed by atoms with van der Waals surface area (Å²) in [4.78, 5) is 13.9. The van der Waals surface area contributed by atoms with Crippen molar-refractivity contribution in [3.8, 4) is 0 Å². The van der Waals surface area contributed by atoms with Crippen molar-refractivity contribution in [1.29, 1.82) is 0 Å². The van der Waals surface area contributed by atoms with E-state index >= 15 is 0 Å². The van der Waals surface area contributed by atoms with Crippen molar-refractivity contribution < 1.29 is 9.05 Å². The highest BCUT2D eigenvalue weighted by Gasteiger charge is 2.25. The highest BCUT2D eigenvalue weighted by molar-refractivity contribution is 4.99. The first-order valence-electron chi connectivity index (χ1n) is 9.72. The standard InChI is InChI=1S/C19H32N6O2/c1-18(2,3)16-20-14(22-26-16)12-24-8-7-9-25(11-10-24)13-15-21-17(27-23-15)19(4,5)6/h7-13H2,1-6H3. The van der Waals surface area contributed by atoms with E-state index in [9.17, 15) is 0 Å². The molecule has 8 heteroatoms. The molecule has 0 atom stereocenters. The maximum absolute atomic E-state index is 5.41. The van der Waals surface area contributed by atoms with Crippen LogP contribution in [0.3, 0.4) is 0 Å². The maximum atomic E-state index is 5.41. The Morgan fingerprint density at radius 1 is 0.704 bits per heavy atom. The Balaban J connectivity index is 1.53. The molecule has 0 bridgehead atoms. The van der Waals surface area contributed by atoms with E-state index in [1.165, 1.54) is 0 Å². The first kappa shape index (κ1) is 19.9. The smallest absolute Gasteiger partial charge is 0.232 e. The zero-order chi connectivity index (χ0) is 19.7. The molecule has 1 aliphatic heterocycles. The van der Waals surface area contributed by atoms with Gasteiger partial charge in [-0.3, -0.25) is 9.80 Å². The van der Waals surface area contributed by atoms with Gasteiger partial charge < -0.3 is 9.05 Å². The minimum atomic E-state index is -0.114. The fourth-order valence-corrected chi connectivity index (χ4v) is 2.99. The second kappa shape index (κ2) is 7.67. The molecular formula is C19H32N6O2. The molecule has 150 valence electrons. The van der Waals surface area contributed by atoms with Crippen LogP contribution >= 0.6 is 0 Å². The molecular weight excluding hydrogens is 344 g/mol. The topological polar surface area (TPSA) is 84.3 Å². The summed E-state index contributed by atoms with van der Waals surface area (Å²) in [6.45, 7) is 17.9. The second-order valence-electron chi connectivity index (χ2n) is 9.44. The predicted octanol–water partition coefficient (Wildman–Crippen LogP) is 2.76. The van der Waals surface area contributed by atoms with Gasteiger partial charge in [0.05, 0.1) is 13.1 Å². The molecule has 3 heterocycles. The third kappa shape index (κ3) is 5.35. The van der Waals surface area contributed by atoms with Crippen LogP contribution in [-0.4, -0.2) is 56.3 Å². The number of hydrogen-bond acceptors (Lipinski definition) is 8. The summed E-state index contributed by atoms with van der Waals surface area (Å²) in [6, 6.07) is 0. The molecule has 27 heavy (non-hydrogen) atoms. The molecule has 1 saturated heterocycles. The summed E-state index contributed by atoms with van der Waals surface area (Å²) in [5, 5.41) is 8.29. The molecule has 0 aliphatic carbocycles. The third-order valence-corrected chi connectivity index (χ3v) is 4.63. The minimum Gasteiger partial charge on any atom is -0.339 e. The lowest BCUT2D eigenvalue weighted by atomic mass is 9.97. The third-order valence-electron chi connectivity index (χ3n) is 4.63. The average molecular weight is 377 g/mol. The molecule has 0 N–H and O–H groups in total.